The van der Waals surface area contributed by atoms with Gasteiger partial charge in [-0.1, -0.05) is 5.16 Å². The molecule has 3 aromatic rings. The van der Waals surface area contributed by atoms with E-state index < -0.39 is 0 Å². The van der Waals surface area contributed by atoms with Gasteiger partial charge >= 0.3 is 0 Å². The average Bonchev–Trinajstić information content (AvgIpc) is 2.92. The lowest BCUT2D eigenvalue weighted by Crippen LogP contribution is -2.06. The molecule has 0 fully saturated rings. The van der Waals surface area contributed by atoms with Crippen LogP contribution in [0, 0.1) is 16.3 Å². The van der Waals surface area contributed by atoms with E-state index in [1.54, 1.807) is 17.6 Å². The number of aryl methyl sites for hydroxylation is 3. The second-order valence-corrected chi connectivity index (χ2v) is 5.52. The maximum absolute atomic E-state index is 13.7. The van der Waals surface area contributed by atoms with E-state index in [-0.39, 0.29) is 5.82 Å². The largest absolute Gasteiger partial charge is 0.369 e. The van der Waals surface area contributed by atoms with Gasteiger partial charge in [0, 0.05) is 19.0 Å². The molecule has 6 nitrogen and oxygen atoms in total. The molecule has 2 aromatic heterocycles. The highest BCUT2D eigenvalue weighted by Crippen LogP contribution is 2.23. The number of hydrogen-bond acceptors (Lipinski definition) is 5. The van der Waals surface area contributed by atoms with Gasteiger partial charge in [-0.2, -0.15) is 4.98 Å². The van der Waals surface area contributed by atoms with Gasteiger partial charge in [-0.05, 0) is 35.6 Å². The molecule has 0 amide bonds. The molecule has 0 spiro atoms. The van der Waals surface area contributed by atoms with Gasteiger partial charge < -0.3 is 14.8 Å². The average molecular weight is 387 g/mol. The molecule has 2 heterocycles. The van der Waals surface area contributed by atoms with Crippen LogP contribution in [0.3, 0.4) is 0 Å². The molecule has 3 rings (SSSR count). The summed E-state index contributed by atoms with van der Waals surface area (Å²) in [5.74, 6) is 1.17. The van der Waals surface area contributed by atoms with Crippen molar-refractivity contribution in [3.05, 3.63) is 33.2 Å². The highest BCUT2D eigenvalue weighted by molar-refractivity contribution is 14.1. The van der Waals surface area contributed by atoms with E-state index in [0.29, 0.717) is 45.2 Å². The Kier molecular flexibility index (Phi) is 3.32. The first-order valence-electron chi connectivity index (χ1n) is 5.94. The lowest BCUT2D eigenvalue weighted by Gasteiger charge is -2.04. The van der Waals surface area contributed by atoms with Crippen LogP contribution in [0.5, 0.6) is 0 Å². The minimum atomic E-state index is -0.284. The van der Waals surface area contributed by atoms with E-state index in [4.69, 9.17) is 10.3 Å². The van der Waals surface area contributed by atoms with Gasteiger partial charge in [0.25, 0.3) is 0 Å². The van der Waals surface area contributed by atoms with Crippen LogP contribution in [-0.2, 0) is 13.0 Å². The summed E-state index contributed by atoms with van der Waals surface area (Å²) in [6.45, 7) is 2.26. The number of rotatable bonds is 3. The molecule has 20 heavy (non-hydrogen) atoms. The number of benzene rings is 1. The van der Waals surface area contributed by atoms with Gasteiger partial charge in [-0.15, -0.1) is 0 Å². The van der Waals surface area contributed by atoms with Gasteiger partial charge in [0.2, 0.25) is 11.8 Å². The van der Waals surface area contributed by atoms with Crippen molar-refractivity contribution in [3.8, 4) is 0 Å². The lowest BCUT2D eigenvalue weighted by molar-refractivity contribution is 0.369. The van der Waals surface area contributed by atoms with Crippen molar-refractivity contribution in [1.29, 1.82) is 0 Å². The molecule has 0 aliphatic heterocycles. The van der Waals surface area contributed by atoms with Crippen molar-refractivity contribution >= 4 is 39.6 Å². The maximum Gasteiger partial charge on any atom is 0.228 e. The Bertz CT molecular complexity index is 782. The number of nitrogens with two attached hydrogens (primary N) is 1. The van der Waals surface area contributed by atoms with Crippen LogP contribution >= 0.6 is 22.6 Å². The third-order valence-corrected chi connectivity index (χ3v) is 3.77. The van der Waals surface area contributed by atoms with E-state index in [1.807, 2.05) is 22.6 Å². The Morgan fingerprint density at radius 1 is 1.40 bits per heavy atom. The van der Waals surface area contributed by atoms with Crippen molar-refractivity contribution in [2.24, 2.45) is 0 Å². The summed E-state index contributed by atoms with van der Waals surface area (Å²) < 4.78 is 21.0. The predicted octanol–water partition coefficient (Wildman–Crippen LogP) is 2.30. The minimum Gasteiger partial charge on any atom is -0.369 e. The Morgan fingerprint density at radius 2 is 2.20 bits per heavy atom. The first-order valence-corrected chi connectivity index (χ1v) is 7.02. The fraction of sp³-hybridized carbons (Fsp3) is 0.250. The number of fused-ring (bicyclic) bond motifs is 1. The summed E-state index contributed by atoms with van der Waals surface area (Å²) in [5.41, 5.74) is 7.22. The van der Waals surface area contributed by atoms with Gasteiger partial charge in [0.1, 0.15) is 5.82 Å². The molecule has 0 radical (unpaired) electrons. The number of nitrogen functional groups attached to an aromatic ring is 1. The molecule has 0 saturated carbocycles. The summed E-state index contributed by atoms with van der Waals surface area (Å²) in [6.07, 6.45) is 0.518. The van der Waals surface area contributed by atoms with Crippen molar-refractivity contribution in [3.63, 3.8) is 0 Å². The normalized spacial score (nSPS) is 11.3. The molecule has 0 unspecified atom stereocenters. The molecule has 0 atom stereocenters. The van der Waals surface area contributed by atoms with Crippen molar-refractivity contribution in [2.75, 3.05) is 5.73 Å². The van der Waals surface area contributed by atoms with Crippen LogP contribution in [0.25, 0.3) is 11.0 Å². The Balaban J connectivity index is 1.94. The standard InChI is InChI=1S/C12H11FIN5O/c1-6-16-11(20-18-6)2-3-19-10-4-7(13)8(14)5-9(10)17-12(19)15/h4-5H,2-3H2,1H3,(H2,15,17). The smallest absolute Gasteiger partial charge is 0.228 e. The van der Waals surface area contributed by atoms with E-state index in [1.165, 1.54) is 6.07 Å². The first-order chi connectivity index (χ1) is 9.54. The number of nitrogens with zero attached hydrogens (tertiary/aromatic N) is 4. The van der Waals surface area contributed by atoms with E-state index in [2.05, 4.69) is 15.1 Å². The summed E-state index contributed by atoms with van der Waals surface area (Å²) in [6, 6.07) is 3.12. The topological polar surface area (TPSA) is 82.8 Å². The molecule has 2 N–H and O–H groups in total. The van der Waals surface area contributed by atoms with Crippen molar-refractivity contribution in [2.45, 2.75) is 19.9 Å². The molecule has 8 heteroatoms. The molecule has 0 aliphatic rings. The summed E-state index contributed by atoms with van der Waals surface area (Å²) >= 11 is 1.93. The van der Waals surface area contributed by atoms with Crippen LogP contribution in [0.1, 0.15) is 11.7 Å². The molecule has 0 bridgehead atoms. The minimum absolute atomic E-state index is 0.284. The zero-order valence-electron chi connectivity index (χ0n) is 10.6. The number of aromatic nitrogens is 4. The molecular formula is C12H11FIN5O. The predicted molar refractivity (Wildman–Crippen MR) is 79.6 cm³/mol. The summed E-state index contributed by atoms with van der Waals surface area (Å²) in [5, 5.41) is 3.72. The quantitative estimate of drug-likeness (QED) is 0.698. The number of hydrogen-bond donors (Lipinski definition) is 1. The number of anilines is 1. The monoisotopic (exact) mass is 387 g/mol. The van der Waals surface area contributed by atoms with Crippen LogP contribution in [-0.4, -0.2) is 19.7 Å². The van der Waals surface area contributed by atoms with Gasteiger partial charge in [-0.25, -0.2) is 9.37 Å². The maximum atomic E-state index is 13.7. The zero-order valence-corrected chi connectivity index (χ0v) is 12.8. The second-order valence-electron chi connectivity index (χ2n) is 4.36. The first kappa shape index (κ1) is 13.3. The van der Waals surface area contributed by atoms with E-state index in [9.17, 15) is 4.39 Å². The molecular weight excluding hydrogens is 376 g/mol. The van der Waals surface area contributed by atoms with Crippen molar-refractivity contribution in [1.82, 2.24) is 19.7 Å². The third-order valence-electron chi connectivity index (χ3n) is 2.94. The Hall–Kier alpha value is -1.71. The fourth-order valence-corrected chi connectivity index (χ4v) is 2.47. The highest BCUT2D eigenvalue weighted by Gasteiger charge is 2.12. The van der Waals surface area contributed by atoms with Crippen LogP contribution in [0.4, 0.5) is 10.3 Å². The Morgan fingerprint density at radius 3 is 2.90 bits per heavy atom. The highest BCUT2D eigenvalue weighted by atomic mass is 127. The van der Waals surface area contributed by atoms with Crippen LogP contribution in [0.15, 0.2) is 16.7 Å². The lowest BCUT2D eigenvalue weighted by atomic mass is 10.3. The molecule has 1 aromatic carbocycles. The Labute approximate surface area is 127 Å². The summed E-state index contributed by atoms with van der Waals surface area (Å²) in [7, 11) is 0. The molecule has 0 aliphatic carbocycles. The zero-order chi connectivity index (χ0) is 14.3. The SMILES string of the molecule is Cc1noc(CCn2c(N)nc3cc(I)c(F)cc32)n1. The molecule has 104 valence electrons. The second kappa shape index (κ2) is 5.00. The van der Waals surface area contributed by atoms with Crippen molar-refractivity contribution < 1.29 is 8.91 Å². The van der Waals surface area contributed by atoms with Gasteiger partial charge in [0.05, 0.1) is 14.6 Å². The number of halogens is 2. The van der Waals surface area contributed by atoms with Gasteiger partial charge in [-0.3, -0.25) is 0 Å². The number of imidazole rings is 1. The van der Waals surface area contributed by atoms with Gasteiger partial charge in [0.15, 0.2) is 5.82 Å². The van der Waals surface area contributed by atoms with E-state index >= 15 is 0 Å². The molecule has 0 saturated heterocycles. The van der Waals surface area contributed by atoms with E-state index in [0.717, 1.165) is 0 Å². The van der Waals surface area contributed by atoms with Crippen LogP contribution < -0.4 is 5.73 Å². The third kappa shape index (κ3) is 2.35. The van der Waals surface area contributed by atoms with Crippen LogP contribution in [0.2, 0.25) is 0 Å². The fourth-order valence-electron chi connectivity index (χ4n) is 2.02. The summed E-state index contributed by atoms with van der Waals surface area (Å²) in [4.78, 5) is 8.36.